The first-order chi connectivity index (χ1) is 14.1. The van der Waals surface area contributed by atoms with Crippen molar-refractivity contribution in [1.29, 1.82) is 0 Å². The van der Waals surface area contributed by atoms with Crippen LogP contribution in [0.5, 0.6) is 0 Å². The van der Waals surface area contributed by atoms with Crippen LogP contribution in [0.2, 0.25) is 0 Å². The topological polar surface area (TPSA) is 89.2 Å². The maximum absolute atomic E-state index is 12.4. The van der Waals surface area contributed by atoms with E-state index in [4.69, 9.17) is 4.42 Å². The number of rotatable bonds is 8. The lowest BCUT2D eigenvalue weighted by atomic mass is 9.87. The Morgan fingerprint density at radius 2 is 2.21 bits per heavy atom. The molecule has 0 bridgehead atoms. The second-order valence-corrected chi connectivity index (χ2v) is 7.48. The summed E-state index contributed by atoms with van der Waals surface area (Å²) in [6.45, 7) is 0.450. The van der Waals surface area contributed by atoms with Gasteiger partial charge in [-0.15, -0.1) is 0 Å². The molecular weight excluding hydrogens is 368 g/mol. The van der Waals surface area contributed by atoms with Gasteiger partial charge in [0.05, 0.1) is 12.0 Å². The summed E-state index contributed by atoms with van der Waals surface area (Å²) in [4.78, 5) is 24.3. The second kappa shape index (κ2) is 8.34. The molecule has 0 aliphatic carbocycles. The van der Waals surface area contributed by atoms with Gasteiger partial charge in [0.1, 0.15) is 5.76 Å². The van der Waals surface area contributed by atoms with Crippen molar-refractivity contribution in [1.82, 2.24) is 20.4 Å². The van der Waals surface area contributed by atoms with Gasteiger partial charge in [-0.25, -0.2) is 4.68 Å². The summed E-state index contributed by atoms with van der Waals surface area (Å²) in [7, 11) is 0. The number of nitrogens with one attached hydrogen (secondary N) is 2. The first kappa shape index (κ1) is 19.0. The van der Waals surface area contributed by atoms with Crippen molar-refractivity contribution >= 4 is 11.8 Å². The zero-order valence-electron chi connectivity index (χ0n) is 16.1. The fourth-order valence-corrected chi connectivity index (χ4v) is 3.80. The van der Waals surface area contributed by atoms with Crippen molar-refractivity contribution in [2.24, 2.45) is 0 Å². The van der Waals surface area contributed by atoms with Crippen LogP contribution in [0.15, 0.2) is 65.5 Å². The van der Waals surface area contributed by atoms with Crippen molar-refractivity contribution in [3.05, 3.63) is 72.4 Å². The summed E-state index contributed by atoms with van der Waals surface area (Å²) in [6.07, 6.45) is 7.97. The van der Waals surface area contributed by atoms with Crippen LogP contribution < -0.4 is 10.6 Å². The minimum Gasteiger partial charge on any atom is -0.469 e. The van der Waals surface area contributed by atoms with Crippen LogP contribution in [-0.4, -0.2) is 27.1 Å². The lowest BCUT2D eigenvalue weighted by molar-refractivity contribution is -0.122. The number of hydrogen-bond acceptors (Lipinski definition) is 4. The van der Waals surface area contributed by atoms with E-state index in [2.05, 4.69) is 15.7 Å². The van der Waals surface area contributed by atoms with Crippen LogP contribution in [0.4, 0.5) is 0 Å². The molecule has 1 atom stereocenters. The van der Waals surface area contributed by atoms with Crippen LogP contribution in [0.25, 0.3) is 5.69 Å². The molecule has 29 heavy (non-hydrogen) atoms. The number of aromatic nitrogens is 2. The average Bonchev–Trinajstić information content (AvgIpc) is 3.49. The first-order valence-corrected chi connectivity index (χ1v) is 9.81. The molecular formula is C22H24N4O3. The summed E-state index contributed by atoms with van der Waals surface area (Å²) in [5.74, 6) is 0.824. The lowest BCUT2D eigenvalue weighted by Crippen LogP contribution is -2.44. The van der Waals surface area contributed by atoms with Crippen LogP contribution in [0.1, 0.15) is 37.0 Å². The van der Waals surface area contributed by atoms with E-state index in [-0.39, 0.29) is 11.8 Å². The molecule has 1 fully saturated rings. The highest BCUT2D eigenvalue weighted by atomic mass is 16.3. The molecule has 1 aliphatic rings. The van der Waals surface area contributed by atoms with Gasteiger partial charge in [-0.1, -0.05) is 12.1 Å². The lowest BCUT2D eigenvalue weighted by Gasteiger charge is -2.28. The van der Waals surface area contributed by atoms with Crippen LogP contribution in [0.3, 0.4) is 0 Å². The Labute approximate surface area is 169 Å². The van der Waals surface area contributed by atoms with Crippen molar-refractivity contribution in [2.75, 3.05) is 0 Å². The Morgan fingerprint density at radius 1 is 1.28 bits per heavy atom. The highest BCUT2D eigenvalue weighted by molar-refractivity contribution is 5.80. The molecule has 3 heterocycles. The number of benzene rings is 1. The van der Waals surface area contributed by atoms with E-state index in [1.54, 1.807) is 17.1 Å². The highest BCUT2D eigenvalue weighted by Gasteiger charge is 2.38. The maximum Gasteiger partial charge on any atom is 0.220 e. The molecule has 0 saturated carbocycles. The number of nitrogens with zero attached hydrogens (tertiary/aromatic N) is 2. The predicted octanol–water partition coefficient (Wildman–Crippen LogP) is 2.75. The average molecular weight is 392 g/mol. The SMILES string of the molecule is O=C(CC[C@]1(Cc2ccco2)CCC(=O)N1)NCc1cccc(-n2cccn2)c1. The normalized spacial score (nSPS) is 18.6. The quantitative estimate of drug-likeness (QED) is 0.617. The molecule has 150 valence electrons. The zero-order valence-corrected chi connectivity index (χ0v) is 16.1. The highest BCUT2D eigenvalue weighted by Crippen LogP contribution is 2.29. The summed E-state index contributed by atoms with van der Waals surface area (Å²) < 4.78 is 7.23. The molecule has 0 radical (unpaired) electrons. The Bertz CT molecular complexity index is 966. The van der Waals surface area contributed by atoms with E-state index < -0.39 is 5.54 Å². The number of furan rings is 1. The third-order valence-corrected chi connectivity index (χ3v) is 5.33. The van der Waals surface area contributed by atoms with Gasteiger partial charge in [-0.2, -0.15) is 5.10 Å². The van der Waals surface area contributed by atoms with E-state index in [9.17, 15) is 9.59 Å². The van der Waals surface area contributed by atoms with Gasteiger partial charge >= 0.3 is 0 Å². The number of hydrogen-bond donors (Lipinski definition) is 2. The number of amides is 2. The van der Waals surface area contributed by atoms with Gasteiger partial charge in [-0.05, 0) is 48.7 Å². The van der Waals surface area contributed by atoms with Gasteiger partial charge in [-0.3, -0.25) is 9.59 Å². The van der Waals surface area contributed by atoms with Crippen molar-refractivity contribution < 1.29 is 14.0 Å². The Hall–Kier alpha value is -3.35. The predicted molar refractivity (Wildman–Crippen MR) is 107 cm³/mol. The molecule has 4 rings (SSSR count). The van der Waals surface area contributed by atoms with Gasteiger partial charge in [0.15, 0.2) is 0 Å². The molecule has 2 N–H and O–H groups in total. The van der Waals surface area contributed by atoms with Gasteiger partial charge < -0.3 is 15.1 Å². The van der Waals surface area contributed by atoms with Crippen LogP contribution in [-0.2, 0) is 22.6 Å². The standard InChI is InChI=1S/C22H24N4O3/c27-20(23-16-17-4-1-5-18(14-17)26-12-3-11-24-26)7-9-22(10-8-21(28)25-22)15-19-6-2-13-29-19/h1-6,11-14H,7-10,15-16H2,(H,23,27)(H,25,28)/t22-/m1/s1. The molecule has 2 amide bonds. The van der Waals surface area contributed by atoms with Crippen molar-refractivity contribution in [3.8, 4) is 5.69 Å². The molecule has 7 nitrogen and oxygen atoms in total. The van der Waals surface area contributed by atoms with Gasteiger partial charge in [0, 0.05) is 43.7 Å². The maximum atomic E-state index is 12.4. The second-order valence-electron chi connectivity index (χ2n) is 7.48. The molecule has 2 aromatic heterocycles. The Morgan fingerprint density at radius 3 is 2.93 bits per heavy atom. The molecule has 7 heteroatoms. The summed E-state index contributed by atoms with van der Waals surface area (Å²) in [5.41, 5.74) is 1.55. The van der Waals surface area contributed by atoms with Crippen LogP contribution >= 0.6 is 0 Å². The summed E-state index contributed by atoms with van der Waals surface area (Å²) >= 11 is 0. The molecule has 0 spiro atoms. The molecule has 1 aliphatic heterocycles. The van der Waals surface area contributed by atoms with Crippen molar-refractivity contribution in [3.63, 3.8) is 0 Å². The molecule has 0 unspecified atom stereocenters. The third-order valence-electron chi connectivity index (χ3n) is 5.33. The monoisotopic (exact) mass is 392 g/mol. The Balaban J connectivity index is 1.32. The van der Waals surface area contributed by atoms with E-state index in [1.807, 2.05) is 48.7 Å². The minimum atomic E-state index is -0.410. The van der Waals surface area contributed by atoms with E-state index >= 15 is 0 Å². The third kappa shape index (κ3) is 4.74. The van der Waals surface area contributed by atoms with Gasteiger partial charge in [0.2, 0.25) is 11.8 Å². The Kier molecular flexibility index (Phi) is 5.46. The smallest absolute Gasteiger partial charge is 0.220 e. The zero-order chi connectivity index (χ0) is 20.1. The van der Waals surface area contributed by atoms with E-state index in [0.717, 1.165) is 17.0 Å². The van der Waals surface area contributed by atoms with E-state index in [0.29, 0.717) is 38.6 Å². The van der Waals surface area contributed by atoms with Crippen LogP contribution in [0, 0.1) is 0 Å². The molecule has 1 aromatic carbocycles. The number of carbonyl (C=O) groups is 2. The van der Waals surface area contributed by atoms with Gasteiger partial charge in [0.25, 0.3) is 0 Å². The number of carbonyl (C=O) groups excluding carboxylic acids is 2. The molecule has 3 aromatic rings. The minimum absolute atomic E-state index is 0.0329. The first-order valence-electron chi connectivity index (χ1n) is 9.81. The largest absolute Gasteiger partial charge is 0.469 e. The van der Waals surface area contributed by atoms with E-state index in [1.165, 1.54) is 0 Å². The fraction of sp³-hybridized carbons (Fsp3) is 0.318. The fourth-order valence-electron chi connectivity index (χ4n) is 3.80. The summed E-state index contributed by atoms with van der Waals surface area (Å²) in [6, 6.07) is 13.5. The summed E-state index contributed by atoms with van der Waals surface area (Å²) in [5, 5.41) is 10.3. The molecule has 1 saturated heterocycles. The van der Waals surface area contributed by atoms with Crippen molar-refractivity contribution in [2.45, 2.75) is 44.2 Å².